The molecule has 0 saturated carbocycles. The van der Waals surface area contributed by atoms with Gasteiger partial charge in [-0.25, -0.2) is 4.79 Å². The normalized spacial score (nSPS) is 30.7. The smallest absolute Gasteiger partial charge is 0.330 e. The van der Waals surface area contributed by atoms with E-state index < -0.39 is 261 Å². The van der Waals surface area contributed by atoms with Gasteiger partial charge >= 0.3 is 5.97 Å². The largest absolute Gasteiger partial charge is 0.508 e. The predicted octanol–water partition coefficient (Wildman–Crippen LogP) is 2.22. The van der Waals surface area contributed by atoms with E-state index >= 15 is 24.0 Å². The Morgan fingerprint density at radius 2 is 1.28 bits per heavy atom. The number of amides is 7. The first kappa shape index (κ1) is 88.2. The number of hydrogen-bond acceptors (Lipinski definition) is 28. The van der Waals surface area contributed by atoms with Crippen molar-refractivity contribution in [3.05, 3.63) is 153 Å². The summed E-state index contributed by atoms with van der Waals surface area (Å²) in [5.74, 6) is -16.0. The van der Waals surface area contributed by atoms with E-state index in [0.717, 1.165) is 54.1 Å². The summed E-state index contributed by atoms with van der Waals surface area (Å²) in [6.07, 6.45) is -22.0. The Morgan fingerprint density at radius 3 is 1.90 bits per heavy atom. The summed E-state index contributed by atoms with van der Waals surface area (Å²) in [5, 5.41) is 137. The monoisotopic (exact) mass is 1690 g/mol. The van der Waals surface area contributed by atoms with Crippen LogP contribution in [-0.2, 0) is 68.5 Å². The molecule has 640 valence electrons. The molecule has 14 rings (SSSR count). The standard InChI is InChI=1S/C81H96Cl2N10O26/c1-33(2)21-46(86-7)72(104)92-62-64(99)38-14-17-50(44(82)23-38)114-52-25-40-26-53(68(52)119-79-69(66(101)65(100)54(32-94)116-79)118-57-31-81(6,71(103)35(4)113-57)87-20-19-36-11-9-8-10-12-36)115-51-18-15-39(24-45(51)83)67(117-56-30-80(5,85)70(102)34(3)112-56)63-77(109)91-61(78(110)111)43-27-41(95)28-49(97)58(43)42-22-37(13-16-48(42)96)59(74(106)93-63)90-75(107)60(40)89-73(105)47(29-55(84)98)88-76(62)108/h8-18,22-28,33-35,46-47,54,56-57,59-67,69-71,79,86-87,94-97,99-103H,19-21,29-32,85H2,1-7H3,(H2,84,98)(H,88,108)(H,89,105)(H,90,107)(H,91,109)(H,92,104)(H,93,106)(H,110,111)/t34-,35-,46+,47-,54+,56-,57-,59+,60+,61-,62+,63-,64+,65+,66-,67+,69+,70-,71-,79-,80-,81-/m0/s1. The van der Waals surface area contributed by atoms with Crippen molar-refractivity contribution in [2.75, 3.05) is 20.2 Å². The third kappa shape index (κ3) is 19.4. The first-order valence-electron chi connectivity index (χ1n) is 38.4. The van der Waals surface area contributed by atoms with Crippen LogP contribution in [0.4, 0.5) is 0 Å². The number of ether oxygens (including phenoxy) is 8. The maximum absolute atomic E-state index is 16.5. The van der Waals surface area contributed by atoms with Crippen molar-refractivity contribution < 1.29 is 127 Å². The van der Waals surface area contributed by atoms with Crippen molar-refractivity contribution in [2.45, 2.75) is 207 Å². The van der Waals surface area contributed by atoms with E-state index in [4.69, 9.17) is 72.6 Å². The van der Waals surface area contributed by atoms with Crippen molar-refractivity contribution in [2.24, 2.45) is 17.4 Å². The quantitative estimate of drug-likeness (QED) is 0.0553. The van der Waals surface area contributed by atoms with Crippen LogP contribution in [0.5, 0.6) is 46.0 Å². The molecule has 8 aliphatic heterocycles. The number of fused-ring (bicyclic) bond motifs is 15. The highest BCUT2D eigenvalue weighted by Gasteiger charge is 2.53. The highest BCUT2D eigenvalue weighted by Crippen LogP contribution is 2.51. The number of phenolic OH excluding ortho intramolecular Hbond substituents is 3. The van der Waals surface area contributed by atoms with Crippen LogP contribution in [0.15, 0.2) is 109 Å². The number of aliphatic hydroxyl groups excluding tert-OH is 6. The van der Waals surface area contributed by atoms with Crippen LogP contribution < -0.4 is 68.2 Å². The number of aromatic hydroxyl groups is 3. The summed E-state index contributed by atoms with van der Waals surface area (Å²) in [6.45, 7) is 9.27. The average Bonchev–Trinajstić information content (AvgIpc) is 0.766. The van der Waals surface area contributed by atoms with Crippen molar-refractivity contribution in [3.63, 3.8) is 0 Å². The topological polar surface area (TPSA) is 561 Å². The van der Waals surface area contributed by atoms with Gasteiger partial charge in [-0.05, 0) is 142 Å². The lowest BCUT2D eigenvalue weighted by atomic mass is 9.84. The van der Waals surface area contributed by atoms with Crippen LogP contribution in [0.3, 0.4) is 0 Å². The van der Waals surface area contributed by atoms with E-state index in [1.54, 1.807) is 13.8 Å². The number of phenols is 3. The van der Waals surface area contributed by atoms with Gasteiger partial charge in [-0.15, -0.1) is 0 Å². The van der Waals surface area contributed by atoms with Crippen molar-refractivity contribution in [1.29, 1.82) is 0 Å². The van der Waals surface area contributed by atoms with Gasteiger partial charge in [-0.3, -0.25) is 33.6 Å². The zero-order valence-corrected chi connectivity index (χ0v) is 66.9. The molecule has 6 aromatic rings. The molecule has 3 saturated heterocycles. The molecule has 22 N–H and O–H groups in total. The lowest BCUT2D eigenvalue weighted by molar-refractivity contribution is -0.334. The lowest BCUT2D eigenvalue weighted by Gasteiger charge is -2.48. The zero-order valence-electron chi connectivity index (χ0n) is 65.4. The number of carbonyl (C=O) groups excluding carboxylic acids is 7. The third-order valence-electron chi connectivity index (χ3n) is 21.9. The molecule has 0 spiro atoms. The first-order valence-corrected chi connectivity index (χ1v) is 39.1. The molecule has 0 unspecified atom stereocenters. The number of carboxylic acid groups (broad SMARTS) is 1. The Labute approximate surface area is 691 Å². The van der Waals surface area contributed by atoms with Crippen molar-refractivity contribution in [1.82, 2.24) is 42.5 Å². The summed E-state index contributed by atoms with van der Waals surface area (Å²) in [6, 6.07) is 9.18. The molecule has 36 nitrogen and oxygen atoms in total. The molecule has 0 aliphatic carbocycles. The fraction of sp³-hybridized carbons (Fsp3) is 0.457. The number of rotatable bonds is 19. The van der Waals surface area contributed by atoms with Crippen LogP contribution in [0, 0.1) is 5.92 Å². The summed E-state index contributed by atoms with van der Waals surface area (Å²) in [7, 11) is 1.48. The molecule has 11 bridgehead atoms. The van der Waals surface area contributed by atoms with E-state index in [1.807, 2.05) is 44.2 Å². The van der Waals surface area contributed by atoms with Gasteiger partial charge in [0.2, 0.25) is 53.4 Å². The number of likely N-dealkylation sites (N-methyl/N-ethyl adjacent to an activating group) is 1. The van der Waals surface area contributed by atoms with E-state index in [2.05, 4.69) is 42.5 Å². The van der Waals surface area contributed by atoms with Crippen LogP contribution in [0.2, 0.25) is 10.0 Å². The van der Waals surface area contributed by atoms with E-state index in [-0.39, 0.29) is 52.6 Å². The van der Waals surface area contributed by atoms with Gasteiger partial charge in [0.05, 0.1) is 53.5 Å². The fourth-order valence-corrected chi connectivity index (χ4v) is 16.0. The minimum atomic E-state index is -2.39. The highest BCUT2D eigenvalue weighted by molar-refractivity contribution is 6.32. The molecule has 8 heterocycles. The Hall–Kier alpha value is -10.1. The second-order valence-corrected chi connectivity index (χ2v) is 32.1. The number of carboxylic acids is 1. The SMILES string of the molecule is CN[C@H](CC(C)C)C(=O)N[C@H]1C(=O)N[C@@H](CC(N)=O)C(=O)N[C@H]2C(=O)N[C@H]3C(=O)N[C@H](C(=O)N[C@H](C(=O)O)c4cc(O)cc(O)c4-c4cc3ccc4O)[C@H](O[C@H]3C[C@](C)(N)[C@@H](O)[C@H](C)O3)c3ccc(c(Cl)c3)Oc3cc2cc(c3O[C@@H]2O[C@H](CO)[C@@H](O)[C@H](O)[C@H]2O[C@H]2C[C@](C)(NCCc3ccccc3)[C@@H](O)[C@H](C)O2)Oc2ccc(cc2Cl)[C@H]1O. The first-order chi connectivity index (χ1) is 56.3. The number of hydrogen-bond donors (Lipinski definition) is 20. The molecular formula is C81H96Cl2N10O26. The molecule has 3 fully saturated rings. The minimum Gasteiger partial charge on any atom is -0.508 e. The van der Waals surface area contributed by atoms with E-state index in [9.17, 15) is 65.4 Å². The van der Waals surface area contributed by atoms with Gasteiger partial charge in [-0.2, -0.15) is 0 Å². The number of aliphatic carboxylic acids is 1. The summed E-state index contributed by atoms with van der Waals surface area (Å²) in [4.78, 5) is 120. The number of nitrogens with one attached hydrogen (secondary N) is 8. The van der Waals surface area contributed by atoms with Gasteiger partial charge in [0.25, 0.3) is 0 Å². The highest BCUT2D eigenvalue weighted by atomic mass is 35.5. The number of nitrogens with two attached hydrogens (primary N) is 2. The predicted molar refractivity (Wildman–Crippen MR) is 420 cm³/mol. The molecule has 6 aromatic carbocycles. The Balaban J connectivity index is 1.10. The lowest BCUT2D eigenvalue weighted by Crippen LogP contribution is -2.65. The van der Waals surface area contributed by atoms with Crippen LogP contribution in [0.1, 0.15) is 131 Å². The van der Waals surface area contributed by atoms with Gasteiger partial charge in [0.1, 0.15) is 89.5 Å². The molecule has 0 aromatic heterocycles. The number of primary amides is 1. The average molecular weight is 1700 g/mol. The fourth-order valence-electron chi connectivity index (χ4n) is 15.5. The van der Waals surface area contributed by atoms with E-state index in [1.165, 1.54) is 51.2 Å². The van der Waals surface area contributed by atoms with Crippen LogP contribution >= 0.6 is 23.2 Å². The summed E-state index contributed by atoms with van der Waals surface area (Å²) < 4.78 is 52.7. The Kier molecular flexibility index (Phi) is 27.0. The second kappa shape index (κ2) is 36.5. The van der Waals surface area contributed by atoms with E-state index in [0.29, 0.717) is 13.0 Å². The molecule has 22 atom stereocenters. The zero-order chi connectivity index (χ0) is 86.1. The second-order valence-electron chi connectivity index (χ2n) is 31.3. The Morgan fingerprint density at radius 1 is 0.664 bits per heavy atom. The maximum Gasteiger partial charge on any atom is 0.330 e. The van der Waals surface area contributed by atoms with Gasteiger partial charge in [0.15, 0.2) is 36.2 Å². The molecule has 0 radical (unpaired) electrons. The third-order valence-corrected chi connectivity index (χ3v) is 22.5. The number of carbonyl (C=O) groups is 8. The Bertz CT molecular complexity index is 4820. The number of benzene rings is 6. The van der Waals surface area contributed by atoms with Crippen molar-refractivity contribution in [3.8, 4) is 57.1 Å². The van der Waals surface area contributed by atoms with Crippen LogP contribution in [0.25, 0.3) is 11.1 Å². The minimum absolute atomic E-state index is 0.113. The van der Waals surface area contributed by atoms with Gasteiger partial charge in [-0.1, -0.05) is 85.6 Å². The number of aliphatic hydroxyl groups is 6. The molecule has 38 heteroatoms. The number of halogens is 2. The molecule has 119 heavy (non-hydrogen) atoms. The van der Waals surface area contributed by atoms with Gasteiger partial charge < -0.3 is 143 Å². The summed E-state index contributed by atoms with van der Waals surface area (Å²) >= 11 is 14.6. The maximum atomic E-state index is 16.5. The van der Waals surface area contributed by atoms with Gasteiger partial charge in [0, 0.05) is 46.7 Å². The molecular weight excluding hydrogens is 1600 g/mol. The van der Waals surface area contributed by atoms with Crippen LogP contribution in [-0.4, -0.2) is 222 Å². The van der Waals surface area contributed by atoms with Crippen molar-refractivity contribution >= 4 is 70.5 Å². The summed E-state index contributed by atoms with van der Waals surface area (Å²) in [5.41, 5.74) is 8.06. The molecule has 7 amide bonds. The molecule has 8 aliphatic rings.